The van der Waals surface area contributed by atoms with Gasteiger partial charge in [0.05, 0.1) is 6.42 Å². The predicted octanol–water partition coefficient (Wildman–Crippen LogP) is 5.26. The molecule has 3 aromatic carbocycles. The van der Waals surface area contributed by atoms with E-state index in [2.05, 4.69) is 21.6 Å². The fourth-order valence-electron chi connectivity index (χ4n) is 4.51. The Hall–Kier alpha value is -4.13. The van der Waals surface area contributed by atoms with Crippen molar-refractivity contribution in [2.75, 3.05) is 18.4 Å². The maximum atomic E-state index is 12.6. The number of benzene rings is 3. The fraction of sp³-hybridized carbons (Fsp3) is 0.250. The zero-order valence-electron chi connectivity index (χ0n) is 19.4. The van der Waals surface area contributed by atoms with E-state index in [9.17, 15) is 9.59 Å². The molecule has 5 rings (SSSR count). The van der Waals surface area contributed by atoms with Crippen LogP contribution in [-0.4, -0.2) is 40.2 Å². The summed E-state index contributed by atoms with van der Waals surface area (Å²) < 4.78 is 5.45. The Labute approximate surface area is 204 Å². The molecule has 2 heterocycles. The first-order chi connectivity index (χ1) is 17.1. The number of amides is 2. The van der Waals surface area contributed by atoms with Crippen LogP contribution >= 0.6 is 0 Å². The topological polar surface area (TPSA) is 87.3 Å². The van der Waals surface area contributed by atoms with E-state index in [0.29, 0.717) is 18.9 Å². The Morgan fingerprint density at radius 3 is 2.46 bits per heavy atom. The van der Waals surface area contributed by atoms with E-state index in [0.717, 1.165) is 40.4 Å². The average molecular weight is 469 g/mol. The predicted molar refractivity (Wildman–Crippen MR) is 135 cm³/mol. The number of piperidine rings is 1. The minimum Gasteiger partial charge on any atom is -0.445 e. The van der Waals surface area contributed by atoms with Gasteiger partial charge >= 0.3 is 6.09 Å². The van der Waals surface area contributed by atoms with Gasteiger partial charge in [-0.15, -0.1) is 0 Å². The van der Waals surface area contributed by atoms with E-state index in [-0.39, 0.29) is 30.9 Å². The van der Waals surface area contributed by atoms with Crippen LogP contribution in [0.4, 0.5) is 10.6 Å². The molecule has 178 valence electrons. The molecule has 7 heteroatoms. The van der Waals surface area contributed by atoms with Gasteiger partial charge in [-0.1, -0.05) is 72.8 Å². The van der Waals surface area contributed by atoms with Crippen molar-refractivity contribution < 1.29 is 14.3 Å². The van der Waals surface area contributed by atoms with Gasteiger partial charge in [-0.3, -0.25) is 9.89 Å². The van der Waals surface area contributed by atoms with E-state index in [1.807, 2.05) is 72.8 Å². The number of hydrogen-bond acceptors (Lipinski definition) is 4. The third-order valence-electron chi connectivity index (χ3n) is 6.44. The van der Waals surface area contributed by atoms with Gasteiger partial charge in [-0.2, -0.15) is 5.10 Å². The normalized spacial score (nSPS) is 14.1. The molecule has 0 unspecified atom stereocenters. The molecule has 0 spiro atoms. The Kier molecular flexibility index (Phi) is 6.75. The van der Waals surface area contributed by atoms with Crippen molar-refractivity contribution in [2.45, 2.75) is 31.8 Å². The second-order valence-electron chi connectivity index (χ2n) is 8.92. The molecule has 4 aromatic rings. The second kappa shape index (κ2) is 10.4. The molecule has 7 nitrogen and oxygen atoms in total. The highest BCUT2D eigenvalue weighted by Gasteiger charge is 2.26. The standard InChI is InChI=1S/C28H28N4O3/c33-27(17-21-10-11-22-8-4-5-9-24(22)16-21)29-26-18-25(30-31-26)23-12-14-32(15-13-23)28(34)35-19-20-6-2-1-3-7-20/h1-11,16,18,23H,12-15,17,19H2,(H2,29,30,31,33). The Morgan fingerprint density at radius 1 is 0.914 bits per heavy atom. The lowest BCUT2D eigenvalue weighted by atomic mass is 9.94. The van der Waals surface area contributed by atoms with E-state index in [4.69, 9.17) is 4.74 Å². The first kappa shape index (κ1) is 22.7. The highest BCUT2D eigenvalue weighted by Crippen LogP contribution is 2.28. The number of fused-ring (bicyclic) bond motifs is 1. The summed E-state index contributed by atoms with van der Waals surface area (Å²) in [5, 5.41) is 12.5. The molecular formula is C28H28N4O3. The molecule has 1 aliphatic heterocycles. The molecule has 1 saturated heterocycles. The number of nitrogens with zero attached hydrogens (tertiary/aromatic N) is 2. The summed E-state index contributed by atoms with van der Waals surface area (Å²) in [4.78, 5) is 26.7. The fourth-order valence-corrected chi connectivity index (χ4v) is 4.51. The first-order valence-electron chi connectivity index (χ1n) is 11.9. The second-order valence-corrected chi connectivity index (χ2v) is 8.92. The molecule has 0 atom stereocenters. The summed E-state index contributed by atoms with van der Waals surface area (Å²) in [5.41, 5.74) is 2.91. The lowest BCUT2D eigenvalue weighted by Crippen LogP contribution is -2.38. The monoisotopic (exact) mass is 468 g/mol. The summed E-state index contributed by atoms with van der Waals surface area (Å²) in [7, 11) is 0. The molecule has 0 bridgehead atoms. The van der Waals surface area contributed by atoms with Crippen LogP contribution in [0.3, 0.4) is 0 Å². The van der Waals surface area contributed by atoms with Crippen LogP contribution in [0, 0.1) is 0 Å². The number of carbonyl (C=O) groups is 2. The number of H-pyrrole nitrogens is 1. The maximum absolute atomic E-state index is 12.6. The van der Waals surface area contributed by atoms with Crippen molar-refractivity contribution in [3.05, 3.63) is 95.7 Å². The van der Waals surface area contributed by atoms with Gasteiger partial charge in [0, 0.05) is 30.8 Å². The average Bonchev–Trinajstić information content (AvgIpc) is 3.36. The number of hydrogen-bond donors (Lipinski definition) is 2. The van der Waals surface area contributed by atoms with Crippen molar-refractivity contribution in [2.24, 2.45) is 0 Å². The molecule has 2 N–H and O–H groups in total. The van der Waals surface area contributed by atoms with Crippen LogP contribution in [0.2, 0.25) is 0 Å². The van der Waals surface area contributed by atoms with Crippen LogP contribution in [0.15, 0.2) is 78.9 Å². The molecule has 1 aromatic heterocycles. The van der Waals surface area contributed by atoms with Crippen LogP contribution in [0.5, 0.6) is 0 Å². The summed E-state index contributed by atoms with van der Waals surface area (Å²) >= 11 is 0. The lowest BCUT2D eigenvalue weighted by Gasteiger charge is -2.30. The van der Waals surface area contributed by atoms with Crippen LogP contribution < -0.4 is 5.32 Å². The third-order valence-corrected chi connectivity index (χ3v) is 6.44. The lowest BCUT2D eigenvalue weighted by molar-refractivity contribution is -0.115. The molecule has 0 radical (unpaired) electrons. The van der Waals surface area contributed by atoms with E-state index < -0.39 is 0 Å². The zero-order valence-corrected chi connectivity index (χ0v) is 19.4. The summed E-state index contributed by atoms with van der Waals surface area (Å²) in [6.07, 6.45) is 1.63. The molecule has 35 heavy (non-hydrogen) atoms. The van der Waals surface area contributed by atoms with E-state index in [1.165, 1.54) is 0 Å². The van der Waals surface area contributed by atoms with Crippen LogP contribution in [0.1, 0.15) is 35.6 Å². The van der Waals surface area contributed by atoms with Crippen molar-refractivity contribution in [1.82, 2.24) is 15.1 Å². The molecule has 1 fully saturated rings. The Bertz CT molecular complexity index is 1310. The molecule has 0 saturated carbocycles. The van der Waals surface area contributed by atoms with Gasteiger partial charge in [0.2, 0.25) is 5.91 Å². The number of anilines is 1. The van der Waals surface area contributed by atoms with Gasteiger partial charge in [-0.25, -0.2) is 4.79 Å². The zero-order chi connectivity index (χ0) is 24.0. The molecular weight excluding hydrogens is 440 g/mol. The van der Waals surface area contributed by atoms with E-state index in [1.54, 1.807) is 4.90 Å². The summed E-state index contributed by atoms with van der Waals surface area (Å²) in [6, 6.07) is 25.7. The highest BCUT2D eigenvalue weighted by atomic mass is 16.6. The first-order valence-corrected chi connectivity index (χ1v) is 11.9. The minimum absolute atomic E-state index is 0.102. The third kappa shape index (κ3) is 5.69. The molecule has 2 amide bonds. The largest absolute Gasteiger partial charge is 0.445 e. The highest BCUT2D eigenvalue weighted by molar-refractivity contribution is 5.92. The van der Waals surface area contributed by atoms with Gasteiger partial charge < -0.3 is 15.0 Å². The van der Waals surface area contributed by atoms with Crippen molar-refractivity contribution in [1.29, 1.82) is 0 Å². The minimum atomic E-state index is -0.279. The number of aromatic amines is 1. The van der Waals surface area contributed by atoms with Gasteiger partial charge in [0.25, 0.3) is 0 Å². The van der Waals surface area contributed by atoms with Crippen LogP contribution in [-0.2, 0) is 22.6 Å². The number of aromatic nitrogens is 2. The molecule has 1 aliphatic rings. The van der Waals surface area contributed by atoms with Crippen molar-refractivity contribution in [3.8, 4) is 0 Å². The number of nitrogens with one attached hydrogen (secondary N) is 2. The van der Waals surface area contributed by atoms with Gasteiger partial charge in [0.15, 0.2) is 5.82 Å². The quantitative estimate of drug-likeness (QED) is 0.404. The van der Waals surface area contributed by atoms with Crippen LogP contribution in [0.25, 0.3) is 10.8 Å². The Morgan fingerprint density at radius 2 is 1.66 bits per heavy atom. The maximum Gasteiger partial charge on any atom is 0.410 e. The number of ether oxygens (including phenoxy) is 1. The van der Waals surface area contributed by atoms with Gasteiger partial charge in [0.1, 0.15) is 6.61 Å². The van der Waals surface area contributed by atoms with Crippen molar-refractivity contribution in [3.63, 3.8) is 0 Å². The summed E-state index contributed by atoms with van der Waals surface area (Å²) in [5.74, 6) is 0.677. The van der Waals surface area contributed by atoms with E-state index >= 15 is 0 Å². The smallest absolute Gasteiger partial charge is 0.410 e. The molecule has 0 aliphatic carbocycles. The summed E-state index contributed by atoms with van der Waals surface area (Å²) in [6.45, 7) is 1.53. The number of likely N-dealkylation sites (tertiary alicyclic amines) is 1. The van der Waals surface area contributed by atoms with Gasteiger partial charge in [-0.05, 0) is 34.7 Å². The Balaban J connectivity index is 1.10. The van der Waals surface area contributed by atoms with Crippen molar-refractivity contribution >= 4 is 28.6 Å². The SMILES string of the molecule is O=C(Cc1ccc2ccccc2c1)Nc1cc(C2CCN(C(=O)OCc3ccccc3)CC2)[nH]n1. The number of rotatable bonds is 6. The number of carbonyl (C=O) groups excluding carboxylic acids is 2.